The second kappa shape index (κ2) is 7.38. The van der Waals surface area contributed by atoms with Crippen molar-refractivity contribution in [1.29, 1.82) is 5.26 Å². The first-order chi connectivity index (χ1) is 11.6. The minimum Gasteiger partial charge on any atom is -0.235 e. The fraction of sp³-hybridized carbons (Fsp3) is 0. The highest BCUT2D eigenvalue weighted by atomic mass is 35.5. The van der Waals surface area contributed by atoms with E-state index in [0.29, 0.717) is 31.3 Å². The number of nitriles is 1. The summed E-state index contributed by atoms with van der Waals surface area (Å²) in [5.74, 6) is 0. The monoisotopic (exact) mass is 390 g/mol. The van der Waals surface area contributed by atoms with Crippen LogP contribution in [0.25, 0.3) is 22.9 Å². The van der Waals surface area contributed by atoms with Crippen molar-refractivity contribution >= 4 is 57.8 Å². The molecule has 3 rings (SSSR count). The second-order valence-electron chi connectivity index (χ2n) is 4.89. The lowest BCUT2D eigenvalue weighted by Crippen LogP contribution is -1.84. The van der Waals surface area contributed by atoms with Crippen LogP contribution in [0.1, 0.15) is 10.6 Å². The van der Waals surface area contributed by atoms with Crippen LogP contribution in [0.3, 0.4) is 0 Å². The summed E-state index contributed by atoms with van der Waals surface area (Å²) in [7, 11) is 0. The van der Waals surface area contributed by atoms with Gasteiger partial charge in [-0.15, -0.1) is 11.3 Å². The highest BCUT2D eigenvalue weighted by Gasteiger charge is 2.12. The first-order valence-corrected chi connectivity index (χ1v) is 8.87. The molecule has 0 saturated carbocycles. The highest BCUT2D eigenvalue weighted by molar-refractivity contribution is 7.11. The predicted octanol–water partition coefficient (Wildman–Crippen LogP) is 6.83. The quantitative estimate of drug-likeness (QED) is 0.458. The number of aromatic nitrogens is 1. The zero-order chi connectivity index (χ0) is 17.1. The van der Waals surface area contributed by atoms with Crippen LogP contribution in [-0.4, -0.2) is 4.98 Å². The van der Waals surface area contributed by atoms with Gasteiger partial charge in [-0.25, -0.2) is 4.98 Å². The summed E-state index contributed by atoms with van der Waals surface area (Å²) in [6.45, 7) is 0. The van der Waals surface area contributed by atoms with E-state index in [2.05, 4.69) is 11.1 Å². The van der Waals surface area contributed by atoms with Crippen LogP contribution in [-0.2, 0) is 0 Å². The van der Waals surface area contributed by atoms with Gasteiger partial charge < -0.3 is 0 Å². The molecule has 0 radical (unpaired) electrons. The molecule has 6 heteroatoms. The molecular formula is C18H9Cl3N2S. The lowest BCUT2D eigenvalue weighted by atomic mass is 10.1. The summed E-state index contributed by atoms with van der Waals surface area (Å²) in [6.07, 6.45) is 1.76. The zero-order valence-corrected chi connectivity index (χ0v) is 15.2. The van der Waals surface area contributed by atoms with Crippen molar-refractivity contribution in [3.8, 4) is 17.3 Å². The van der Waals surface area contributed by atoms with Crippen LogP contribution in [0.4, 0.5) is 0 Å². The van der Waals surface area contributed by atoms with E-state index in [1.54, 1.807) is 30.3 Å². The van der Waals surface area contributed by atoms with Crippen LogP contribution in [0.15, 0.2) is 47.8 Å². The van der Waals surface area contributed by atoms with Crippen LogP contribution in [0.2, 0.25) is 15.1 Å². The predicted molar refractivity (Wildman–Crippen MR) is 103 cm³/mol. The number of halogens is 3. The van der Waals surface area contributed by atoms with E-state index in [1.807, 2.05) is 23.6 Å². The number of thiazole rings is 1. The van der Waals surface area contributed by atoms with Crippen LogP contribution < -0.4 is 0 Å². The van der Waals surface area contributed by atoms with Gasteiger partial charge >= 0.3 is 0 Å². The van der Waals surface area contributed by atoms with E-state index in [0.717, 1.165) is 11.1 Å². The molecule has 0 fully saturated rings. The zero-order valence-electron chi connectivity index (χ0n) is 12.1. The maximum absolute atomic E-state index is 9.45. The summed E-state index contributed by atoms with van der Waals surface area (Å²) in [4.78, 5) is 4.53. The van der Waals surface area contributed by atoms with Crippen LogP contribution >= 0.6 is 46.1 Å². The van der Waals surface area contributed by atoms with E-state index in [4.69, 9.17) is 34.8 Å². The average Bonchev–Trinajstić information content (AvgIpc) is 3.02. The van der Waals surface area contributed by atoms with Crippen molar-refractivity contribution in [2.75, 3.05) is 0 Å². The minimum atomic E-state index is 0.471. The van der Waals surface area contributed by atoms with E-state index < -0.39 is 0 Å². The van der Waals surface area contributed by atoms with Gasteiger partial charge in [0.25, 0.3) is 0 Å². The Labute approximate surface area is 158 Å². The third-order valence-corrected chi connectivity index (χ3v) is 4.88. The Morgan fingerprint density at radius 1 is 1.08 bits per heavy atom. The lowest BCUT2D eigenvalue weighted by molar-refractivity contribution is 1.37. The number of hydrogen-bond acceptors (Lipinski definition) is 3. The summed E-state index contributed by atoms with van der Waals surface area (Å²) in [5, 5.41) is 13.7. The molecule has 0 aliphatic rings. The summed E-state index contributed by atoms with van der Waals surface area (Å²) >= 11 is 19.5. The molecule has 0 aliphatic heterocycles. The van der Waals surface area contributed by atoms with Crippen molar-refractivity contribution < 1.29 is 0 Å². The third kappa shape index (κ3) is 3.80. The van der Waals surface area contributed by atoms with Crippen molar-refractivity contribution in [2.45, 2.75) is 0 Å². The van der Waals surface area contributed by atoms with Gasteiger partial charge in [0.1, 0.15) is 11.1 Å². The van der Waals surface area contributed by atoms with E-state index in [-0.39, 0.29) is 0 Å². The van der Waals surface area contributed by atoms with Gasteiger partial charge in [-0.2, -0.15) is 5.26 Å². The molecule has 1 heterocycles. The SMILES string of the molecule is N#C/C(=C\c1cccc(Cl)c1)c1nc(-c2ccc(Cl)cc2Cl)cs1. The van der Waals surface area contributed by atoms with Crippen molar-refractivity contribution in [1.82, 2.24) is 4.98 Å². The number of benzene rings is 2. The van der Waals surface area contributed by atoms with E-state index in [9.17, 15) is 5.26 Å². The molecule has 118 valence electrons. The first-order valence-electron chi connectivity index (χ1n) is 6.85. The average molecular weight is 392 g/mol. The Morgan fingerprint density at radius 3 is 2.58 bits per heavy atom. The number of hydrogen-bond donors (Lipinski definition) is 0. The van der Waals surface area contributed by atoms with Crippen molar-refractivity contribution in [2.24, 2.45) is 0 Å². The largest absolute Gasteiger partial charge is 0.235 e. The first kappa shape index (κ1) is 17.0. The van der Waals surface area contributed by atoms with Crippen molar-refractivity contribution in [3.63, 3.8) is 0 Å². The molecule has 24 heavy (non-hydrogen) atoms. The summed E-state index contributed by atoms with van der Waals surface area (Å²) in [6, 6.07) is 14.7. The van der Waals surface area contributed by atoms with Crippen LogP contribution in [0.5, 0.6) is 0 Å². The maximum atomic E-state index is 9.45. The fourth-order valence-corrected chi connectivity index (χ4v) is 3.61. The van der Waals surface area contributed by atoms with Gasteiger partial charge in [-0.1, -0.05) is 46.9 Å². The topological polar surface area (TPSA) is 36.7 Å². The van der Waals surface area contributed by atoms with Gasteiger partial charge in [0.05, 0.1) is 16.3 Å². The van der Waals surface area contributed by atoms with Gasteiger partial charge in [0.15, 0.2) is 0 Å². The Kier molecular flexibility index (Phi) is 5.23. The van der Waals surface area contributed by atoms with Crippen LogP contribution in [0, 0.1) is 11.3 Å². The maximum Gasteiger partial charge on any atom is 0.134 e. The molecule has 0 unspecified atom stereocenters. The Balaban J connectivity index is 1.98. The molecular weight excluding hydrogens is 383 g/mol. The molecule has 0 spiro atoms. The smallest absolute Gasteiger partial charge is 0.134 e. The normalized spacial score (nSPS) is 11.3. The van der Waals surface area contributed by atoms with Crippen molar-refractivity contribution in [3.05, 3.63) is 73.5 Å². The molecule has 0 atom stereocenters. The number of rotatable bonds is 3. The molecule has 3 aromatic rings. The number of nitrogens with zero attached hydrogens (tertiary/aromatic N) is 2. The van der Waals surface area contributed by atoms with E-state index >= 15 is 0 Å². The molecule has 0 N–H and O–H groups in total. The highest BCUT2D eigenvalue weighted by Crippen LogP contribution is 2.33. The Morgan fingerprint density at radius 2 is 1.88 bits per heavy atom. The second-order valence-corrected chi connectivity index (χ2v) is 7.03. The standard InChI is InChI=1S/C18H9Cl3N2S/c19-13-3-1-2-11(7-13)6-12(9-22)18-23-17(10-24-18)15-5-4-14(20)8-16(15)21/h1-8,10H/b12-6+. The molecule has 2 aromatic carbocycles. The number of allylic oxidation sites excluding steroid dienone is 1. The molecule has 0 bridgehead atoms. The summed E-state index contributed by atoms with van der Waals surface area (Å²) < 4.78 is 0. The third-order valence-electron chi connectivity index (χ3n) is 3.22. The molecule has 0 saturated heterocycles. The fourth-order valence-electron chi connectivity index (χ4n) is 2.12. The van der Waals surface area contributed by atoms with Gasteiger partial charge in [0.2, 0.25) is 0 Å². The summed E-state index contributed by atoms with van der Waals surface area (Å²) in [5.41, 5.74) is 2.81. The molecule has 2 nitrogen and oxygen atoms in total. The lowest BCUT2D eigenvalue weighted by Gasteiger charge is -2.01. The van der Waals surface area contributed by atoms with E-state index in [1.165, 1.54) is 11.3 Å². The molecule has 1 aromatic heterocycles. The van der Waals surface area contributed by atoms with Gasteiger partial charge in [-0.05, 0) is 42.0 Å². The molecule has 0 aliphatic carbocycles. The minimum absolute atomic E-state index is 0.471. The van der Waals surface area contributed by atoms with Gasteiger partial charge in [0, 0.05) is 21.0 Å². The Hall–Kier alpha value is -1.83. The Bertz CT molecular complexity index is 970. The van der Waals surface area contributed by atoms with Gasteiger partial charge in [-0.3, -0.25) is 0 Å². The molecule has 0 amide bonds.